The second-order valence-corrected chi connectivity index (χ2v) is 6.29. The van der Waals surface area contributed by atoms with Crippen LogP contribution in [0.25, 0.3) is 0 Å². The highest BCUT2D eigenvalue weighted by Gasteiger charge is 2.40. The van der Waals surface area contributed by atoms with Crippen LogP contribution in [-0.4, -0.2) is 49.0 Å². The van der Waals surface area contributed by atoms with E-state index >= 15 is 0 Å². The van der Waals surface area contributed by atoms with Crippen molar-refractivity contribution in [2.45, 2.75) is 18.8 Å². The first kappa shape index (κ1) is 15.5. The van der Waals surface area contributed by atoms with Crippen molar-refractivity contribution in [3.05, 3.63) is 59.5 Å². The van der Waals surface area contributed by atoms with E-state index in [2.05, 4.69) is 32.6 Å². The van der Waals surface area contributed by atoms with E-state index in [4.69, 9.17) is 4.52 Å². The van der Waals surface area contributed by atoms with Gasteiger partial charge < -0.3 is 9.42 Å². The third-order valence-electron chi connectivity index (χ3n) is 4.52. The number of rotatable bonds is 3. The molecule has 4 rings (SSSR count). The van der Waals surface area contributed by atoms with Gasteiger partial charge in [-0.05, 0) is 12.5 Å². The average molecular weight is 338 g/mol. The van der Waals surface area contributed by atoms with E-state index in [1.807, 2.05) is 18.2 Å². The van der Waals surface area contributed by atoms with Crippen molar-refractivity contribution in [3.8, 4) is 0 Å². The molecule has 0 unspecified atom stereocenters. The van der Waals surface area contributed by atoms with Crippen LogP contribution in [0.5, 0.6) is 0 Å². The summed E-state index contributed by atoms with van der Waals surface area (Å²) in [7, 11) is 1.74. The van der Waals surface area contributed by atoms with Crippen molar-refractivity contribution in [2.75, 3.05) is 13.1 Å². The lowest BCUT2D eigenvalue weighted by Crippen LogP contribution is -2.29. The van der Waals surface area contributed by atoms with E-state index in [0.29, 0.717) is 30.5 Å². The number of nitrogens with zero attached hydrogens (tertiary/aromatic N) is 6. The van der Waals surface area contributed by atoms with Gasteiger partial charge >= 0.3 is 0 Å². The molecule has 1 aliphatic heterocycles. The lowest BCUT2D eigenvalue weighted by atomic mass is 9.89. The SMILES string of the molecule is Cc1noc([C@H]2CN(C(=O)c3cn(C)nn3)C[C@H]2c2ccccc2)n1. The molecule has 0 spiro atoms. The molecule has 1 amide bonds. The first-order chi connectivity index (χ1) is 12.1. The van der Waals surface area contributed by atoms with Crippen molar-refractivity contribution in [1.29, 1.82) is 0 Å². The number of carbonyl (C=O) groups is 1. The van der Waals surface area contributed by atoms with Crippen LogP contribution in [0.1, 0.15) is 39.6 Å². The second-order valence-electron chi connectivity index (χ2n) is 6.29. The Morgan fingerprint density at radius 1 is 1.20 bits per heavy atom. The molecule has 0 bridgehead atoms. The van der Waals surface area contributed by atoms with Crippen molar-refractivity contribution in [1.82, 2.24) is 30.0 Å². The van der Waals surface area contributed by atoms with E-state index in [0.717, 1.165) is 5.56 Å². The summed E-state index contributed by atoms with van der Waals surface area (Å²) in [6.07, 6.45) is 1.63. The molecule has 128 valence electrons. The Bertz CT molecular complexity index is 887. The minimum atomic E-state index is -0.132. The quantitative estimate of drug-likeness (QED) is 0.719. The minimum Gasteiger partial charge on any atom is -0.339 e. The number of amides is 1. The lowest BCUT2D eigenvalue weighted by molar-refractivity contribution is 0.0782. The van der Waals surface area contributed by atoms with E-state index in [1.165, 1.54) is 4.68 Å². The average Bonchev–Trinajstić information content (AvgIpc) is 3.34. The van der Waals surface area contributed by atoms with Gasteiger partial charge in [0.2, 0.25) is 5.89 Å². The molecular weight excluding hydrogens is 320 g/mol. The minimum absolute atomic E-state index is 0.0378. The van der Waals surface area contributed by atoms with Gasteiger partial charge in [0.25, 0.3) is 5.91 Å². The molecular formula is C17H18N6O2. The van der Waals surface area contributed by atoms with Gasteiger partial charge in [-0.3, -0.25) is 9.48 Å². The van der Waals surface area contributed by atoms with E-state index in [-0.39, 0.29) is 17.7 Å². The molecule has 1 aliphatic rings. The largest absolute Gasteiger partial charge is 0.339 e. The van der Waals surface area contributed by atoms with Crippen LogP contribution < -0.4 is 0 Å². The van der Waals surface area contributed by atoms with Gasteiger partial charge in [-0.2, -0.15) is 4.98 Å². The fourth-order valence-corrected chi connectivity index (χ4v) is 3.33. The fourth-order valence-electron chi connectivity index (χ4n) is 3.33. The molecule has 25 heavy (non-hydrogen) atoms. The van der Waals surface area contributed by atoms with Crippen LogP contribution in [0.4, 0.5) is 0 Å². The number of likely N-dealkylation sites (tertiary alicyclic amines) is 1. The van der Waals surface area contributed by atoms with Gasteiger partial charge in [0, 0.05) is 26.1 Å². The molecule has 1 fully saturated rings. The summed E-state index contributed by atoms with van der Waals surface area (Å²) in [4.78, 5) is 18.9. The Kier molecular flexibility index (Phi) is 3.79. The molecule has 8 heteroatoms. The maximum Gasteiger partial charge on any atom is 0.276 e. The summed E-state index contributed by atoms with van der Waals surface area (Å²) in [5.41, 5.74) is 1.49. The molecule has 0 radical (unpaired) electrons. The van der Waals surface area contributed by atoms with Gasteiger partial charge in [0.1, 0.15) is 0 Å². The smallest absolute Gasteiger partial charge is 0.276 e. The van der Waals surface area contributed by atoms with E-state index < -0.39 is 0 Å². The first-order valence-corrected chi connectivity index (χ1v) is 8.12. The zero-order chi connectivity index (χ0) is 17.4. The summed E-state index contributed by atoms with van der Waals surface area (Å²) in [6.45, 7) is 2.88. The van der Waals surface area contributed by atoms with Crippen molar-refractivity contribution in [2.24, 2.45) is 7.05 Å². The number of aromatic nitrogens is 5. The topological polar surface area (TPSA) is 89.9 Å². The van der Waals surface area contributed by atoms with Crippen molar-refractivity contribution < 1.29 is 9.32 Å². The van der Waals surface area contributed by atoms with Gasteiger partial charge in [-0.15, -0.1) is 5.10 Å². The standard InChI is InChI=1S/C17H18N6O2/c1-11-18-16(25-20-11)14-9-23(17(24)15-10-22(2)21-19-15)8-13(14)12-6-4-3-5-7-12/h3-7,10,13-14H,8-9H2,1-2H3/t13-,14-/m0/s1. The van der Waals surface area contributed by atoms with Gasteiger partial charge in [-0.1, -0.05) is 40.7 Å². The fraction of sp³-hybridized carbons (Fsp3) is 0.353. The molecule has 2 aromatic heterocycles. The van der Waals surface area contributed by atoms with Crippen LogP contribution >= 0.6 is 0 Å². The normalized spacial score (nSPS) is 20.2. The molecule has 0 N–H and O–H groups in total. The molecule has 0 saturated carbocycles. The van der Waals surface area contributed by atoms with Crippen LogP contribution in [0, 0.1) is 6.92 Å². The Morgan fingerprint density at radius 3 is 2.60 bits per heavy atom. The molecule has 1 saturated heterocycles. The summed E-state index contributed by atoms with van der Waals surface area (Å²) in [5.74, 6) is 1.10. The molecule has 8 nitrogen and oxygen atoms in total. The highest BCUT2D eigenvalue weighted by molar-refractivity contribution is 5.92. The maximum atomic E-state index is 12.8. The molecule has 2 atom stereocenters. The Labute approximate surface area is 144 Å². The maximum absolute atomic E-state index is 12.8. The monoisotopic (exact) mass is 338 g/mol. The number of carbonyl (C=O) groups excluding carboxylic acids is 1. The molecule has 0 aliphatic carbocycles. The third kappa shape index (κ3) is 2.90. The summed E-state index contributed by atoms with van der Waals surface area (Å²) in [5, 5.41) is 11.7. The highest BCUT2D eigenvalue weighted by atomic mass is 16.5. The first-order valence-electron chi connectivity index (χ1n) is 8.12. The van der Waals surface area contributed by atoms with Crippen molar-refractivity contribution in [3.63, 3.8) is 0 Å². The summed E-state index contributed by atoms with van der Waals surface area (Å²) >= 11 is 0. The molecule has 3 heterocycles. The number of benzene rings is 1. The van der Waals surface area contributed by atoms with Crippen LogP contribution in [0.2, 0.25) is 0 Å². The Balaban J connectivity index is 1.65. The van der Waals surface area contributed by atoms with Crippen LogP contribution in [0.15, 0.2) is 41.1 Å². The molecule has 1 aromatic carbocycles. The Hall–Kier alpha value is -3.03. The van der Waals surface area contributed by atoms with Crippen molar-refractivity contribution >= 4 is 5.91 Å². The highest BCUT2D eigenvalue weighted by Crippen LogP contribution is 2.39. The zero-order valence-electron chi connectivity index (χ0n) is 14.0. The zero-order valence-corrected chi connectivity index (χ0v) is 14.0. The number of hydrogen-bond acceptors (Lipinski definition) is 6. The van der Waals surface area contributed by atoms with Gasteiger partial charge in [-0.25, -0.2) is 0 Å². The predicted octanol–water partition coefficient (Wildman–Crippen LogP) is 1.53. The van der Waals surface area contributed by atoms with Gasteiger partial charge in [0.15, 0.2) is 11.5 Å². The lowest BCUT2D eigenvalue weighted by Gasteiger charge is -2.15. The number of aryl methyl sites for hydroxylation is 2. The van der Waals surface area contributed by atoms with Gasteiger partial charge in [0.05, 0.1) is 12.1 Å². The summed E-state index contributed by atoms with van der Waals surface area (Å²) in [6, 6.07) is 10.1. The summed E-state index contributed by atoms with van der Waals surface area (Å²) < 4.78 is 6.93. The van der Waals surface area contributed by atoms with Crippen LogP contribution in [-0.2, 0) is 7.05 Å². The third-order valence-corrected chi connectivity index (χ3v) is 4.52. The predicted molar refractivity (Wildman–Crippen MR) is 87.9 cm³/mol. The molecule has 3 aromatic rings. The Morgan fingerprint density at radius 2 is 1.96 bits per heavy atom. The second kappa shape index (κ2) is 6.12. The van der Waals surface area contributed by atoms with E-state index in [9.17, 15) is 4.79 Å². The van der Waals surface area contributed by atoms with E-state index in [1.54, 1.807) is 25.1 Å². The van der Waals surface area contributed by atoms with Crippen LogP contribution in [0.3, 0.4) is 0 Å². The number of hydrogen-bond donors (Lipinski definition) is 0.